The Labute approximate surface area is 130 Å². The Morgan fingerprint density at radius 3 is 2.57 bits per heavy atom. The van der Waals surface area contributed by atoms with E-state index in [0.717, 1.165) is 13.1 Å². The standard InChI is InChI=1S/C18H31N3/c1-16-7-6-9-18(15-16)21-13-11-20(12-14-21)10-5-4-8-17(2)19-3/h6-7,9,15,17,19H,4-5,8,10-14H2,1-3H3. The molecule has 1 aliphatic heterocycles. The summed E-state index contributed by atoms with van der Waals surface area (Å²) in [6.07, 6.45) is 3.95. The van der Waals surface area contributed by atoms with Crippen LogP contribution in [0.3, 0.4) is 0 Å². The summed E-state index contributed by atoms with van der Waals surface area (Å²) in [5, 5.41) is 3.31. The number of aryl methyl sites for hydroxylation is 1. The molecule has 0 bridgehead atoms. The van der Waals surface area contributed by atoms with Crippen LogP contribution in [0.15, 0.2) is 24.3 Å². The van der Waals surface area contributed by atoms with E-state index in [-0.39, 0.29) is 0 Å². The van der Waals surface area contributed by atoms with Gasteiger partial charge in [-0.05, 0) is 58.0 Å². The van der Waals surface area contributed by atoms with E-state index in [2.05, 4.69) is 60.3 Å². The van der Waals surface area contributed by atoms with E-state index in [1.807, 2.05) is 0 Å². The molecule has 1 fully saturated rings. The first-order valence-electron chi connectivity index (χ1n) is 8.40. The number of unbranched alkanes of at least 4 members (excludes halogenated alkanes) is 1. The fourth-order valence-electron chi connectivity index (χ4n) is 2.98. The van der Waals surface area contributed by atoms with Crippen molar-refractivity contribution in [3.8, 4) is 0 Å². The molecule has 3 heteroatoms. The molecule has 21 heavy (non-hydrogen) atoms. The molecule has 1 aromatic carbocycles. The number of hydrogen-bond donors (Lipinski definition) is 1. The SMILES string of the molecule is CNC(C)CCCCN1CCN(c2cccc(C)c2)CC1. The van der Waals surface area contributed by atoms with Crippen LogP contribution in [0, 0.1) is 6.92 Å². The minimum absolute atomic E-state index is 0.656. The van der Waals surface area contributed by atoms with Crippen LogP contribution in [0.4, 0.5) is 5.69 Å². The molecule has 3 nitrogen and oxygen atoms in total. The maximum Gasteiger partial charge on any atom is 0.0369 e. The van der Waals surface area contributed by atoms with Crippen LogP contribution >= 0.6 is 0 Å². The average molecular weight is 289 g/mol. The van der Waals surface area contributed by atoms with Gasteiger partial charge in [0.1, 0.15) is 0 Å². The summed E-state index contributed by atoms with van der Waals surface area (Å²) in [4.78, 5) is 5.14. The van der Waals surface area contributed by atoms with E-state index in [0.29, 0.717) is 6.04 Å². The normalized spacial score (nSPS) is 18.0. The summed E-state index contributed by atoms with van der Waals surface area (Å²) < 4.78 is 0. The first-order chi connectivity index (χ1) is 10.2. The van der Waals surface area contributed by atoms with Gasteiger partial charge in [0, 0.05) is 37.9 Å². The first kappa shape index (κ1) is 16.3. The van der Waals surface area contributed by atoms with E-state index >= 15 is 0 Å². The molecule has 0 spiro atoms. The highest BCUT2D eigenvalue weighted by atomic mass is 15.3. The van der Waals surface area contributed by atoms with Crippen LogP contribution in [0.5, 0.6) is 0 Å². The van der Waals surface area contributed by atoms with E-state index in [1.54, 1.807) is 0 Å². The molecule has 1 N–H and O–H groups in total. The third-order valence-corrected chi connectivity index (χ3v) is 4.59. The fourth-order valence-corrected chi connectivity index (χ4v) is 2.98. The molecule has 1 atom stereocenters. The predicted molar refractivity (Wildman–Crippen MR) is 92.2 cm³/mol. The van der Waals surface area contributed by atoms with E-state index in [9.17, 15) is 0 Å². The number of rotatable bonds is 7. The van der Waals surface area contributed by atoms with Gasteiger partial charge in [-0.2, -0.15) is 0 Å². The van der Waals surface area contributed by atoms with Crippen molar-refractivity contribution < 1.29 is 0 Å². The minimum Gasteiger partial charge on any atom is -0.369 e. The predicted octanol–water partition coefficient (Wildman–Crippen LogP) is 2.90. The second kappa shape index (κ2) is 8.40. The lowest BCUT2D eigenvalue weighted by atomic mass is 10.1. The van der Waals surface area contributed by atoms with Gasteiger partial charge in [-0.3, -0.25) is 4.90 Å². The molecule has 2 rings (SSSR count). The first-order valence-corrected chi connectivity index (χ1v) is 8.40. The van der Waals surface area contributed by atoms with Crippen molar-refractivity contribution in [3.63, 3.8) is 0 Å². The Bertz CT molecular complexity index is 411. The maximum atomic E-state index is 3.31. The van der Waals surface area contributed by atoms with Crippen molar-refractivity contribution in [1.29, 1.82) is 0 Å². The second-order valence-electron chi connectivity index (χ2n) is 6.35. The van der Waals surface area contributed by atoms with Gasteiger partial charge < -0.3 is 10.2 Å². The number of anilines is 1. The zero-order valence-electron chi connectivity index (χ0n) is 13.9. The van der Waals surface area contributed by atoms with Crippen LogP contribution in [-0.4, -0.2) is 50.7 Å². The lowest BCUT2D eigenvalue weighted by molar-refractivity contribution is 0.251. The van der Waals surface area contributed by atoms with Crippen molar-refractivity contribution in [2.45, 2.75) is 39.2 Å². The van der Waals surface area contributed by atoms with Crippen LogP contribution in [0.2, 0.25) is 0 Å². The van der Waals surface area contributed by atoms with Crippen molar-refractivity contribution in [1.82, 2.24) is 10.2 Å². The molecule has 1 heterocycles. The zero-order valence-corrected chi connectivity index (χ0v) is 13.9. The van der Waals surface area contributed by atoms with Gasteiger partial charge in [0.2, 0.25) is 0 Å². The fraction of sp³-hybridized carbons (Fsp3) is 0.667. The average Bonchev–Trinajstić information content (AvgIpc) is 2.52. The lowest BCUT2D eigenvalue weighted by Crippen LogP contribution is -2.46. The molecule has 0 amide bonds. The van der Waals surface area contributed by atoms with Gasteiger partial charge in [0.25, 0.3) is 0 Å². The highest BCUT2D eigenvalue weighted by Crippen LogP contribution is 2.18. The topological polar surface area (TPSA) is 18.5 Å². The minimum atomic E-state index is 0.656. The number of nitrogens with one attached hydrogen (secondary N) is 1. The smallest absolute Gasteiger partial charge is 0.0369 e. The molecule has 0 aromatic heterocycles. The lowest BCUT2D eigenvalue weighted by Gasteiger charge is -2.36. The Morgan fingerprint density at radius 2 is 1.90 bits per heavy atom. The van der Waals surface area contributed by atoms with Gasteiger partial charge in [-0.25, -0.2) is 0 Å². The Morgan fingerprint density at radius 1 is 1.14 bits per heavy atom. The molecule has 0 aliphatic carbocycles. The third-order valence-electron chi connectivity index (χ3n) is 4.59. The monoisotopic (exact) mass is 289 g/mol. The van der Waals surface area contributed by atoms with Crippen molar-refractivity contribution in [2.75, 3.05) is 44.7 Å². The molecule has 1 saturated heterocycles. The molecular weight excluding hydrogens is 258 g/mol. The largest absolute Gasteiger partial charge is 0.369 e. The van der Waals surface area contributed by atoms with E-state index < -0.39 is 0 Å². The zero-order chi connectivity index (χ0) is 15.1. The van der Waals surface area contributed by atoms with Gasteiger partial charge in [0.05, 0.1) is 0 Å². The third kappa shape index (κ3) is 5.33. The molecule has 1 aromatic rings. The Kier molecular flexibility index (Phi) is 6.52. The van der Waals surface area contributed by atoms with Gasteiger partial charge >= 0.3 is 0 Å². The molecule has 0 saturated carbocycles. The van der Waals surface area contributed by atoms with Gasteiger partial charge in [-0.15, -0.1) is 0 Å². The second-order valence-corrected chi connectivity index (χ2v) is 6.35. The molecular formula is C18H31N3. The summed E-state index contributed by atoms with van der Waals surface area (Å²) in [6, 6.07) is 9.53. The molecule has 1 aliphatic rings. The van der Waals surface area contributed by atoms with Crippen molar-refractivity contribution >= 4 is 5.69 Å². The highest BCUT2D eigenvalue weighted by Gasteiger charge is 2.16. The molecule has 1 unspecified atom stereocenters. The van der Waals surface area contributed by atoms with Crippen LogP contribution < -0.4 is 10.2 Å². The number of hydrogen-bond acceptors (Lipinski definition) is 3. The highest BCUT2D eigenvalue weighted by molar-refractivity contribution is 5.48. The summed E-state index contributed by atoms with van der Waals surface area (Å²) >= 11 is 0. The van der Waals surface area contributed by atoms with E-state index in [1.165, 1.54) is 50.1 Å². The summed E-state index contributed by atoms with van der Waals surface area (Å²) in [6.45, 7) is 10.4. The van der Waals surface area contributed by atoms with Crippen LogP contribution in [-0.2, 0) is 0 Å². The molecule has 0 radical (unpaired) electrons. The van der Waals surface area contributed by atoms with Gasteiger partial charge in [-0.1, -0.05) is 18.6 Å². The number of benzene rings is 1. The van der Waals surface area contributed by atoms with Crippen molar-refractivity contribution in [3.05, 3.63) is 29.8 Å². The summed E-state index contributed by atoms with van der Waals surface area (Å²) in [5.74, 6) is 0. The Hall–Kier alpha value is -1.06. The summed E-state index contributed by atoms with van der Waals surface area (Å²) in [7, 11) is 2.05. The molecule has 118 valence electrons. The Balaban J connectivity index is 1.66. The quantitative estimate of drug-likeness (QED) is 0.779. The van der Waals surface area contributed by atoms with E-state index in [4.69, 9.17) is 0 Å². The van der Waals surface area contributed by atoms with Crippen LogP contribution in [0.25, 0.3) is 0 Å². The van der Waals surface area contributed by atoms with Gasteiger partial charge in [0.15, 0.2) is 0 Å². The van der Waals surface area contributed by atoms with Crippen molar-refractivity contribution in [2.24, 2.45) is 0 Å². The maximum absolute atomic E-state index is 3.31. The number of piperazine rings is 1. The van der Waals surface area contributed by atoms with Crippen LogP contribution in [0.1, 0.15) is 31.7 Å². The summed E-state index contributed by atoms with van der Waals surface area (Å²) in [5.41, 5.74) is 2.74. The number of nitrogens with zero attached hydrogens (tertiary/aromatic N) is 2.